The Bertz CT molecular complexity index is 1210. The lowest BCUT2D eigenvalue weighted by Gasteiger charge is -2.18. The maximum absolute atomic E-state index is 13.6. The van der Waals surface area contributed by atoms with E-state index in [4.69, 9.17) is 15.2 Å². The van der Waals surface area contributed by atoms with Crippen LogP contribution in [-0.2, 0) is 6.18 Å². The van der Waals surface area contributed by atoms with Gasteiger partial charge in [-0.1, -0.05) is 0 Å². The number of benzene rings is 2. The third-order valence-corrected chi connectivity index (χ3v) is 4.62. The Kier molecular flexibility index (Phi) is 6.94. The monoisotopic (exact) mass is 473 g/mol. The number of nitrogens with zero attached hydrogens (tertiary/aromatic N) is 2. The summed E-state index contributed by atoms with van der Waals surface area (Å²) in [5.41, 5.74) is 5.74. The van der Waals surface area contributed by atoms with Gasteiger partial charge >= 0.3 is 6.18 Å². The van der Waals surface area contributed by atoms with Crippen molar-refractivity contribution in [2.75, 3.05) is 26.5 Å². The van der Waals surface area contributed by atoms with Crippen LogP contribution < -0.4 is 20.5 Å². The second-order valence-electron chi connectivity index (χ2n) is 7.25. The smallest absolute Gasteiger partial charge is 0.418 e. The lowest BCUT2D eigenvalue weighted by atomic mass is 10.1. The molecule has 0 spiro atoms. The van der Waals surface area contributed by atoms with Crippen molar-refractivity contribution in [3.8, 4) is 17.2 Å². The molecule has 2 aromatic carbocycles. The molecule has 0 unspecified atom stereocenters. The third-order valence-electron chi connectivity index (χ3n) is 4.62. The normalized spacial score (nSPS) is 11.0. The Labute approximate surface area is 193 Å². The van der Waals surface area contributed by atoms with Crippen molar-refractivity contribution in [3.63, 3.8) is 0 Å². The first-order valence-electron chi connectivity index (χ1n) is 9.77. The van der Waals surface area contributed by atoms with E-state index in [1.807, 2.05) is 0 Å². The average molecular weight is 473 g/mol. The van der Waals surface area contributed by atoms with Gasteiger partial charge in [-0.15, -0.1) is 0 Å². The van der Waals surface area contributed by atoms with Gasteiger partial charge in [0.15, 0.2) is 0 Å². The zero-order valence-corrected chi connectivity index (χ0v) is 18.4. The van der Waals surface area contributed by atoms with Gasteiger partial charge in [-0.2, -0.15) is 13.2 Å². The molecule has 1 radical (unpaired) electrons. The number of carbonyl (C=O) groups excluding carboxylic acids is 2. The standard InChI is InChI=1S/C23H20F3N4O4/c1-30(2)22(32)19-10-15(8-9-28-19)34-14-6-4-13(5-7-14)29-18-12-20(33-3)16(21(27)31)11-17(18)23(24,25)26/h4-12,27,29H,1-3H3. The summed E-state index contributed by atoms with van der Waals surface area (Å²) in [5.74, 6) is -0.998. The number of hydrogen-bond donors (Lipinski definition) is 1. The van der Waals surface area contributed by atoms with Crippen molar-refractivity contribution in [2.24, 2.45) is 0 Å². The van der Waals surface area contributed by atoms with Gasteiger partial charge in [0.1, 0.15) is 22.9 Å². The Balaban J connectivity index is 1.84. The SMILES string of the molecule is COc1cc(Nc2ccc(Oc3ccnc(C(=O)N(C)C)c3)cc2)c(C(F)(F)F)cc1C([NH])=O. The van der Waals surface area contributed by atoms with Crippen LogP contribution in [0.1, 0.15) is 26.4 Å². The van der Waals surface area contributed by atoms with Gasteiger partial charge in [-0.25, -0.2) is 0 Å². The molecule has 177 valence electrons. The molecule has 0 aliphatic heterocycles. The van der Waals surface area contributed by atoms with Gasteiger partial charge in [0.25, 0.3) is 11.8 Å². The molecule has 0 bridgehead atoms. The van der Waals surface area contributed by atoms with Crippen molar-refractivity contribution in [1.82, 2.24) is 15.6 Å². The molecule has 0 aliphatic carbocycles. The summed E-state index contributed by atoms with van der Waals surface area (Å²) in [6, 6.07) is 10.7. The number of anilines is 2. The quantitative estimate of drug-likeness (QED) is 0.530. The largest absolute Gasteiger partial charge is 0.496 e. The first-order chi connectivity index (χ1) is 16.0. The molecular weight excluding hydrogens is 453 g/mol. The van der Waals surface area contributed by atoms with Crippen LogP contribution in [0.3, 0.4) is 0 Å². The molecule has 1 aromatic heterocycles. The minimum atomic E-state index is -4.77. The molecule has 0 aliphatic rings. The van der Waals surface area contributed by atoms with E-state index in [1.54, 1.807) is 20.2 Å². The van der Waals surface area contributed by atoms with Crippen molar-refractivity contribution in [3.05, 3.63) is 71.5 Å². The van der Waals surface area contributed by atoms with Crippen LogP contribution >= 0.6 is 0 Å². The molecule has 34 heavy (non-hydrogen) atoms. The van der Waals surface area contributed by atoms with E-state index in [2.05, 4.69) is 10.3 Å². The number of pyridine rings is 1. The number of ether oxygens (including phenoxy) is 2. The molecule has 2 amide bonds. The van der Waals surface area contributed by atoms with Crippen LogP contribution in [0.25, 0.3) is 0 Å². The molecule has 1 heterocycles. The number of methoxy groups -OCH3 is 1. The zero-order valence-electron chi connectivity index (χ0n) is 18.4. The van der Waals surface area contributed by atoms with Crippen LogP contribution in [0.2, 0.25) is 0 Å². The predicted molar refractivity (Wildman–Crippen MR) is 117 cm³/mol. The van der Waals surface area contributed by atoms with Crippen LogP contribution in [0.5, 0.6) is 17.2 Å². The molecule has 0 fully saturated rings. The highest BCUT2D eigenvalue weighted by atomic mass is 19.4. The molecule has 3 aromatic rings. The summed E-state index contributed by atoms with van der Waals surface area (Å²) >= 11 is 0. The molecule has 11 heteroatoms. The third kappa shape index (κ3) is 5.55. The fourth-order valence-electron chi connectivity index (χ4n) is 2.98. The lowest BCUT2D eigenvalue weighted by molar-refractivity contribution is -0.136. The first kappa shape index (κ1) is 24.4. The number of nitrogens with one attached hydrogen (secondary N) is 2. The summed E-state index contributed by atoms with van der Waals surface area (Å²) < 4.78 is 51.4. The van der Waals surface area contributed by atoms with Gasteiger partial charge in [0.2, 0.25) is 0 Å². The Hall–Kier alpha value is -4.28. The van der Waals surface area contributed by atoms with Crippen molar-refractivity contribution in [1.29, 1.82) is 0 Å². The molecule has 0 atom stereocenters. The lowest BCUT2D eigenvalue weighted by Crippen LogP contribution is -2.22. The second kappa shape index (κ2) is 9.69. The summed E-state index contributed by atoms with van der Waals surface area (Å²) in [6.07, 6.45) is -3.34. The van der Waals surface area contributed by atoms with Crippen LogP contribution in [0.15, 0.2) is 54.7 Å². The van der Waals surface area contributed by atoms with Crippen LogP contribution in [0.4, 0.5) is 24.5 Å². The van der Waals surface area contributed by atoms with E-state index in [0.717, 1.165) is 6.07 Å². The van der Waals surface area contributed by atoms with Crippen molar-refractivity contribution in [2.45, 2.75) is 6.18 Å². The zero-order chi connectivity index (χ0) is 25.0. The maximum atomic E-state index is 13.6. The first-order valence-corrected chi connectivity index (χ1v) is 9.77. The number of amides is 2. The molecule has 0 saturated heterocycles. The maximum Gasteiger partial charge on any atom is 0.418 e. The molecule has 2 N–H and O–H groups in total. The van der Waals surface area contributed by atoms with Crippen molar-refractivity contribution >= 4 is 23.2 Å². The van der Waals surface area contributed by atoms with E-state index in [0.29, 0.717) is 23.3 Å². The van der Waals surface area contributed by atoms with Crippen molar-refractivity contribution < 1.29 is 32.2 Å². The number of alkyl halides is 3. The van der Waals surface area contributed by atoms with Gasteiger partial charge in [-0.05, 0) is 36.4 Å². The molecule has 3 rings (SSSR count). The summed E-state index contributed by atoms with van der Waals surface area (Å²) in [6.45, 7) is 0. The van der Waals surface area contributed by atoms with Crippen LogP contribution in [0, 0.1) is 0 Å². The Morgan fingerprint density at radius 3 is 2.26 bits per heavy atom. The number of rotatable bonds is 7. The second-order valence-corrected chi connectivity index (χ2v) is 7.25. The molecule has 0 saturated carbocycles. The summed E-state index contributed by atoms with van der Waals surface area (Å²) in [7, 11) is 4.39. The van der Waals surface area contributed by atoms with Crippen LogP contribution in [-0.4, -0.2) is 42.9 Å². The van der Waals surface area contributed by atoms with Gasteiger partial charge in [0.05, 0.1) is 23.9 Å². The minimum Gasteiger partial charge on any atom is -0.496 e. The van der Waals surface area contributed by atoms with Gasteiger partial charge in [-0.3, -0.25) is 20.3 Å². The average Bonchev–Trinajstić information content (AvgIpc) is 2.78. The van der Waals surface area contributed by atoms with E-state index in [1.165, 1.54) is 48.5 Å². The van der Waals surface area contributed by atoms with Gasteiger partial charge < -0.3 is 19.7 Å². The Morgan fingerprint density at radius 2 is 1.71 bits per heavy atom. The highest BCUT2D eigenvalue weighted by Gasteiger charge is 2.35. The number of aromatic nitrogens is 1. The van der Waals surface area contributed by atoms with E-state index < -0.39 is 23.2 Å². The van der Waals surface area contributed by atoms with E-state index in [9.17, 15) is 22.8 Å². The summed E-state index contributed by atoms with van der Waals surface area (Å²) in [4.78, 5) is 28.8. The topological polar surface area (TPSA) is 105 Å². The molecule has 8 nitrogen and oxygen atoms in total. The van der Waals surface area contributed by atoms with Gasteiger partial charge in [0, 0.05) is 38.1 Å². The number of hydrogen-bond acceptors (Lipinski definition) is 6. The summed E-state index contributed by atoms with van der Waals surface area (Å²) in [5, 5.41) is 2.66. The number of carbonyl (C=O) groups is 2. The van der Waals surface area contributed by atoms with E-state index in [-0.39, 0.29) is 23.0 Å². The number of halogens is 3. The highest BCUT2D eigenvalue weighted by molar-refractivity contribution is 5.96. The van der Waals surface area contributed by atoms with E-state index >= 15 is 0 Å². The minimum absolute atomic E-state index is 0.156. The fraction of sp³-hybridized carbons (Fsp3) is 0.174. The Morgan fingerprint density at radius 1 is 1.03 bits per heavy atom. The fourth-order valence-corrected chi connectivity index (χ4v) is 2.98. The predicted octanol–water partition coefficient (Wildman–Crippen LogP) is 4.77. The molecular formula is C23H20F3N4O4. The highest BCUT2D eigenvalue weighted by Crippen LogP contribution is 2.40.